The fraction of sp³-hybridized carbons (Fsp3) is 0.462. The fourth-order valence-electron chi connectivity index (χ4n) is 2.68. The number of carbonyl (C=O) groups is 2. The third-order valence-electron chi connectivity index (χ3n) is 5.76. The van der Waals surface area contributed by atoms with Gasteiger partial charge < -0.3 is 13.9 Å². The molecule has 0 spiro atoms. The molecule has 0 aromatic heterocycles. The summed E-state index contributed by atoms with van der Waals surface area (Å²) in [5, 5.41) is 0.0553. The molecule has 2 aromatic carbocycles. The first-order valence-corrected chi connectivity index (χ1v) is 13.9. The lowest BCUT2D eigenvalue weighted by Crippen LogP contribution is -2.43. The van der Waals surface area contributed by atoms with Crippen LogP contribution in [-0.2, 0) is 14.9 Å². The van der Waals surface area contributed by atoms with Gasteiger partial charge in [-0.15, -0.1) is 0 Å². The average molecular weight is 457 g/mol. The molecule has 0 atom stereocenters. The maximum Gasteiger partial charge on any atom is 0.338 e. The van der Waals surface area contributed by atoms with E-state index in [1.54, 1.807) is 24.3 Å². The zero-order valence-corrected chi connectivity index (χ0v) is 21.6. The standard InChI is InChI=1S/C26H36O5Si/c1-25(2,3)21-13-9-11-19(17-21)23(27)29-15-16-30-24(28)20-12-10-14-22(18-20)31-32(7,8)26(4,5)6/h9-14,17-18H,15-16H2,1-8H3. The summed E-state index contributed by atoms with van der Waals surface area (Å²) in [6, 6.07) is 14.4. The molecule has 5 nitrogen and oxygen atoms in total. The molecule has 0 aliphatic heterocycles. The Morgan fingerprint density at radius 2 is 1.28 bits per heavy atom. The minimum Gasteiger partial charge on any atom is -0.543 e. The summed E-state index contributed by atoms with van der Waals surface area (Å²) >= 11 is 0. The number of hydrogen-bond acceptors (Lipinski definition) is 5. The number of benzene rings is 2. The van der Waals surface area contributed by atoms with Gasteiger partial charge in [0.15, 0.2) is 0 Å². The van der Waals surface area contributed by atoms with Crippen LogP contribution in [-0.4, -0.2) is 33.5 Å². The highest BCUT2D eigenvalue weighted by Gasteiger charge is 2.39. The Labute approximate surface area is 193 Å². The van der Waals surface area contributed by atoms with Gasteiger partial charge in [-0.05, 0) is 59.4 Å². The first kappa shape index (κ1) is 25.7. The average Bonchev–Trinajstić information content (AvgIpc) is 2.69. The molecule has 0 aliphatic rings. The Morgan fingerprint density at radius 1 is 0.781 bits per heavy atom. The molecule has 0 aliphatic carbocycles. The van der Waals surface area contributed by atoms with Gasteiger partial charge in [-0.3, -0.25) is 0 Å². The van der Waals surface area contributed by atoms with Crippen LogP contribution in [0.5, 0.6) is 5.75 Å². The molecular formula is C26H36O5Si. The van der Waals surface area contributed by atoms with Crippen molar-refractivity contribution in [3.63, 3.8) is 0 Å². The molecule has 0 N–H and O–H groups in total. The number of rotatable bonds is 7. The van der Waals surface area contributed by atoms with Crippen LogP contribution in [0.1, 0.15) is 67.8 Å². The second kappa shape index (κ2) is 9.90. The topological polar surface area (TPSA) is 61.8 Å². The van der Waals surface area contributed by atoms with Crippen molar-refractivity contribution in [3.8, 4) is 5.75 Å². The number of ether oxygens (including phenoxy) is 2. The first-order chi connectivity index (χ1) is 14.7. The van der Waals surface area contributed by atoms with E-state index >= 15 is 0 Å². The SMILES string of the molecule is CC(C)(C)c1cccc(C(=O)OCCOC(=O)c2cccc(O[Si](C)(C)C(C)(C)C)c2)c1. The Hall–Kier alpha value is -2.60. The van der Waals surface area contributed by atoms with Gasteiger partial charge in [0, 0.05) is 0 Å². The summed E-state index contributed by atoms with van der Waals surface area (Å²) in [5.41, 5.74) is 1.89. The molecule has 2 aromatic rings. The summed E-state index contributed by atoms with van der Waals surface area (Å²) in [4.78, 5) is 24.7. The monoisotopic (exact) mass is 456 g/mol. The molecule has 2 rings (SSSR count). The highest BCUT2D eigenvalue weighted by Crippen LogP contribution is 2.37. The number of hydrogen-bond donors (Lipinski definition) is 0. The molecular weight excluding hydrogens is 420 g/mol. The Balaban J connectivity index is 1.89. The van der Waals surface area contributed by atoms with Gasteiger partial charge in [0.2, 0.25) is 8.32 Å². The summed E-state index contributed by atoms with van der Waals surface area (Å²) in [7, 11) is -2.01. The lowest BCUT2D eigenvalue weighted by molar-refractivity contribution is 0.0265. The van der Waals surface area contributed by atoms with Crippen LogP contribution in [0.4, 0.5) is 0 Å². The first-order valence-electron chi connectivity index (χ1n) is 10.9. The minimum atomic E-state index is -2.01. The van der Waals surface area contributed by atoms with Crippen LogP contribution < -0.4 is 4.43 Å². The normalized spacial score (nSPS) is 12.2. The zero-order chi connectivity index (χ0) is 24.2. The second-order valence-electron chi connectivity index (χ2n) is 10.5. The van der Waals surface area contributed by atoms with E-state index in [1.807, 2.05) is 24.3 Å². The van der Waals surface area contributed by atoms with E-state index in [4.69, 9.17) is 13.9 Å². The van der Waals surface area contributed by atoms with Crippen molar-refractivity contribution in [1.29, 1.82) is 0 Å². The van der Waals surface area contributed by atoms with E-state index < -0.39 is 20.3 Å². The lowest BCUT2D eigenvalue weighted by atomic mass is 9.86. The fourth-order valence-corrected chi connectivity index (χ4v) is 3.70. The van der Waals surface area contributed by atoms with Crippen molar-refractivity contribution in [1.82, 2.24) is 0 Å². The van der Waals surface area contributed by atoms with E-state index in [-0.39, 0.29) is 23.7 Å². The predicted octanol–water partition coefficient (Wildman–Crippen LogP) is 6.38. The summed E-state index contributed by atoms with van der Waals surface area (Å²) < 4.78 is 16.8. The molecule has 0 unspecified atom stereocenters. The third kappa shape index (κ3) is 6.95. The zero-order valence-electron chi connectivity index (χ0n) is 20.6. The molecule has 0 saturated carbocycles. The number of esters is 2. The van der Waals surface area contributed by atoms with Crippen LogP contribution in [0.2, 0.25) is 18.1 Å². The quantitative estimate of drug-likeness (QED) is 0.275. The third-order valence-corrected chi connectivity index (χ3v) is 10.1. The molecule has 0 amide bonds. The van der Waals surface area contributed by atoms with Crippen molar-refractivity contribution >= 4 is 20.3 Å². The van der Waals surface area contributed by atoms with Crippen LogP contribution in [0, 0.1) is 0 Å². The van der Waals surface area contributed by atoms with Crippen molar-refractivity contribution < 1.29 is 23.5 Å². The largest absolute Gasteiger partial charge is 0.543 e. The maximum absolute atomic E-state index is 12.4. The van der Waals surface area contributed by atoms with E-state index in [0.29, 0.717) is 16.9 Å². The summed E-state index contributed by atoms with van der Waals surface area (Å²) in [6.07, 6.45) is 0. The Morgan fingerprint density at radius 3 is 1.78 bits per heavy atom. The maximum atomic E-state index is 12.4. The molecule has 6 heteroatoms. The molecule has 0 fully saturated rings. The van der Waals surface area contributed by atoms with E-state index in [1.165, 1.54) is 0 Å². The van der Waals surface area contributed by atoms with Crippen LogP contribution in [0.3, 0.4) is 0 Å². The summed E-state index contributed by atoms with van der Waals surface area (Å²) in [5.74, 6) is -0.246. The van der Waals surface area contributed by atoms with Crippen LogP contribution in [0.25, 0.3) is 0 Å². The van der Waals surface area contributed by atoms with Crippen molar-refractivity contribution in [3.05, 3.63) is 65.2 Å². The Bertz CT molecular complexity index is 951. The highest BCUT2D eigenvalue weighted by molar-refractivity contribution is 6.74. The smallest absolute Gasteiger partial charge is 0.338 e. The van der Waals surface area contributed by atoms with Gasteiger partial charge in [0.25, 0.3) is 0 Å². The molecule has 0 heterocycles. The van der Waals surface area contributed by atoms with E-state index in [0.717, 1.165) is 5.56 Å². The Kier molecular flexibility index (Phi) is 7.94. The van der Waals surface area contributed by atoms with E-state index in [9.17, 15) is 9.59 Å². The highest BCUT2D eigenvalue weighted by atomic mass is 28.4. The second-order valence-corrected chi connectivity index (χ2v) is 15.2. The van der Waals surface area contributed by atoms with Gasteiger partial charge in [-0.25, -0.2) is 9.59 Å². The van der Waals surface area contributed by atoms with Crippen LogP contribution in [0.15, 0.2) is 48.5 Å². The van der Waals surface area contributed by atoms with Gasteiger partial charge in [-0.1, -0.05) is 59.7 Å². The lowest BCUT2D eigenvalue weighted by Gasteiger charge is -2.36. The molecule has 32 heavy (non-hydrogen) atoms. The van der Waals surface area contributed by atoms with Crippen LogP contribution >= 0.6 is 0 Å². The molecule has 0 saturated heterocycles. The number of carbonyl (C=O) groups excluding carboxylic acids is 2. The van der Waals surface area contributed by atoms with Gasteiger partial charge in [0.05, 0.1) is 11.1 Å². The van der Waals surface area contributed by atoms with Gasteiger partial charge in [-0.2, -0.15) is 0 Å². The van der Waals surface area contributed by atoms with Crippen molar-refractivity contribution in [2.45, 2.75) is 65.1 Å². The molecule has 174 valence electrons. The molecule has 0 radical (unpaired) electrons. The summed E-state index contributed by atoms with van der Waals surface area (Å²) in [6.45, 7) is 17.0. The predicted molar refractivity (Wildman–Crippen MR) is 130 cm³/mol. The molecule has 0 bridgehead atoms. The minimum absolute atomic E-state index is 0.00945. The van der Waals surface area contributed by atoms with E-state index in [2.05, 4.69) is 54.6 Å². The van der Waals surface area contributed by atoms with Crippen molar-refractivity contribution in [2.75, 3.05) is 13.2 Å². The van der Waals surface area contributed by atoms with Gasteiger partial charge in [0.1, 0.15) is 19.0 Å². The van der Waals surface area contributed by atoms with Crippen molar-refractivity contribution in [2.24, 2.45) is 0 Å². The van der Waals surface area contributed by atoms with Gasteiger partial charge >= 0.3 is 11.9 Å².